The topological polar surface area (TPSA) is 101 Å². The van der Waals surface area contributed by atoms with E-state index in [2.05, 4.69) is 45.2 Å². The number of nitrogens with zero attached hydrogens (tertiary/aromatic N) is 3. The number of alkyl carbamates (subject to hydrolysis) is 1. The van der Waals surface area contributed by atoms with Crippen molar-refractivity contribution in [2.24, 2.45) is 5.92 Å². The van der Waals surface area contributed by atoms with E-state index in [-0.39, 0.29) is 24.1 Å². The number of hydrogen-bond donors (Lipinski definition) is 2. The van der Waals surface area contributed by atoms with Crippen molar-refractivity contribution in [2.75, 3.05) is 13.7 Å². The SMILES string of the molecule is COC(=O)N[C@H](C(=O)N1CCC[C@H]1c1ncc(-c2ccc3c(c2)O[C@@H](c2ccccc2)n2c-3cc3cc(Cl)ccc32)[nH]1)C(C)C. The van der Waals surface area contributed by atoms with E-state index < -0.39 is 12.1 Å². The molecule has 0 radical (unpaired) electrons. The zero-order valence-electron chi connectivity index (χ0n) is 25.3. The number of methoxy groups -OCH3 is 1. The fourth-order valence-corrected chi connectivity index (χ4v) is 6.70. The van der Waals surface area contributed by atoms with E-state index >= 15 is 0 Å². The van der Waals surface area contributed by atoms with Gasteiger partial charge in [0.15, 0.2) is 0 Å². The van der Waals surface area contributed by atoms with E-state index in [1.807, 2.05) is 61.2 Å². The highest BCUT2D eigenvalue weighted by atomic mass is 35.5. The first-order valence-corrected chi connectivity index (χ1v) is 15.6. The molecule has 0 spiro atoms. The number of rotatable bonds is 6. The average Bonchev–Trinajstić information content (AvgIpc) is 3.81. The van der Waals surface area contributed by atoms with E-state index in [4.69, 9.17) is 26.1 Å². The number of aromatic amines is 1. The second-order valence-electron chi connectivity index (χ2n) is 11.9. The van der Waals surface area contributed by atoms with Crippen LogP contribution in [0.15, 0.2) is 79.0 Å². The Morgan fingerprint density at radius 3 is 2.69 bits per heavy atom. The molecule has 0 bridgehead atoms. The molecule has 2 aromatic heterocycles. The van der Waals surface area contributed by atoms with Gasteiger partial charge in [-0.2, -0.15) is 0 Å². The van der Waals surface area contributed by atoms with Crippen LogP contribution in [0.4, 0.5) is 4.79 Å². The number of aromatic nitrogens is 3. The van der Waals surface area contributed by atoms with Gasteiger partial charge in [0.2, 0.25) is 12.1 Å². The monoisotopic (exact) mass is 623 g/mol. The van der Waals surface area contributed by atoms with Crippen LogP contribution in [-0.4, -0.2) is 51.1 Å². The smallest absolute Gasteiger partial charge is 0.407 e. The minimum atomic E-state index is -0.686. The van der Waals surface area contributed by atoms with Crippen molar-refractivity contribution in [3.8, 4) is 28.3 Å². The Hall–Kier alpha value is -4.76. The lowest BCUT2D eigenvalue weighted by Crippen LogP contribution is -2.51. The summed E-state index contributed by atoms with van der Waals surface area (Å²) in [5.74, 6) is 1.25. The van der Waals surface area contributed by atoms with Gasteiger partial charge in [0.25, 0.3) is 0 Å². The van der Waals surface area contributed by atoms with Crippen molar-refractivity contribution in [3.05, 3.63) is 95.4 Å². The Morgan fingerprint density at radius 2 is 1.91 bits per heavy atom. The zero-order valence-corrected chi connectivity index (χ0v) is 26.0. The molecule has 230 valence electrons. The maximum atomic E-state index is 13.6. The number of benzene rings is 3. The molecular formula is C35H34ClN5O4. The van der Waals surface area contributed by atoms with Gasteiger partial charge < -0.3 is 29.2 Å². The first kappa shape index (κ1) is 29.0. The number of halogens is 1. The summed E-state index contributed by atoms with van der Waals surface area (Å²) < 4.78 is 13.7. The first-order chi connectivity index (χ1) is 21.8. The number of H-pyrrole nitrogens is 1. The molecule has 3 aromatic carbocycles. The molecule has 0 saturated carbocycles. The third kappa shape index (κ3) is 5.21. The molecule has 2 aliphatic heterocycles. The molecule has 0 aliphatic carbocycles. The lowest BCUT2D eigenvalue weighted by Gasteiger charge is -2.30. The van der Waals surface area contributed by atoms with Crippen LogP contribution in [0.2, 0.25) is 5.02 Å². The normalized spacial score (nSPS) is 17.9. The number of ether oxygens (including phenoxy) is 2. The van der Waals surface area contributed by atoms with Crippen molar-refractivity contribution >= 4 is 34.5 Å². The van der Waals surface area contributed by atoms with E-state index in [1.165, 1.54) is 7.11 Å². The van der Waals surface area contributed by atoms with Gasteiger partial charge in [-0.25, -0.2) is 9.78 Å². The molecular weight excluding hydrogens is 590 g/mol. The molecule has 1 fully saturated rings. The summed E-state index contributed by atoms with van der Waals surface area (Å²) in [6.45, 7) is 4.41. The third-order valence-corrected chi connectivity index (χ3v) is 9.00. The number of hydrogen-bond acceptors (Lipinski definition) is 5. The van der Waals surface area contributed by atoms with Crippen LogP contribution < -0.4 is 10.1 Å². The highest BCUT2D eigenvalue weighted by molar-refractivity contribution is 6.31. The largest absolute Gasteiger partial charge is 0.465 e. The maximum absolute atomic E-state index is 13.6. The number of nitrogens with one attached hydrogen (secondary N) is 2. The molecule has 9 nitrogen and oxygen atoms in total. The van der Waals surface area contributed by atoms with Crippen LogP contribution >= 0.6 is 11.6 Å². The van der Waals surface area contributed by atoms with Gasteiger partial charge in [-0.1, -0.05) is 61.8 Å². The molecule has 5 aromatic rings. The van der Waals surface area contributed by atoms with Crippen LogP contribution in [-0.2, 0) is 9.53 Å². The molecule has 1 saturated heterocycles. The Bertz CT molecular complexity index is 1900. The average molecular weight is 624 g/mol. The number of fused-ring (bicyclic) bond motifs is 5. The molecule has 4 heterocycles. The summed E-state index contributed by atoms with van der Waals surface area (Å²) in [6.07, 6.45) is 2.46. The molecule has 2 amide bonds. The molecule has 0 unspecified atom stereocenters. The minimum absolute atomic E-state index is 0.101. The Kier molecular flexibility index (Phi) is 7.49. The van der Waals surface area contributed by atoms with Crippen LogP contribution in [0, 0.1) is 5.92 Å². The number of likely N-dealkylation sites (tertiary alicyclic amines) is 1. The van der Waals surface area contributed by atoms with Crippen LogP contribution in [0.5, 0.6) is 5.75 Å². The van der Waals surface area contributed by atoms with Gasteiger partial charge in [-0.15, -0.1) is 0 Å². The second kappa shape index (κ2) is 11.6. The second-order valence-corrected chi connectivity index (χ2v) is 12.4. The standard InChI is InChI=1S/C35H34ClN5O4/c1-20(2)31(39-35(43)44-3)33(42)40-15-7-10-28(40)32-37-19-26(38-32)22-11-13-25-29-17-23-16-24(36)12-14-27(23)41(29)34(45-30(25)18-22)21-8-5-4-6-9-21/h4-6,8-9,11-14,16-20,28,31,34H,7,10,15H2,1-3H3,(H,37,38)(H,39,43)/t28-,31-,34-/m0/s1. The summed E-state index contributed by atoms with van der Waals surface area (Å²) in [5.41, 5.74) is 5.89. The van der Waals surface area contributed by atoms with E-state index in [9.17, 15) is 9.59 Å². The van der Waals surface area contributed by atoms with Crippen molar-refractivity contribution < 1.29 is 19.1 Å². The lowest BCUT2D eigenvalue weighted by molar-refractivity contribution is -0.135. The highest BCUT2D eigenvalue weighted by Crippen LogP contribution is 2.46. The van der Waals surface area contributed by atoms with E-state index in [0.29, 0.717) is 17.4 Å². The Morgan fingerprint density at radius 1 is 1.09 bits per heavy atom. The number of imidazole rings is 1. The lowest BCUT2D eigenvalue weighted by atomic mass is 10.0. The molecule has 2 aliphatic rings. The maximum Gasteiger partial charge on any atom is 0.407 e. The van der Waals surface area contributed by atoms with Crippen LogP contribution in [0.3, 0.4) is 0 Å². The molecule has 2 N–H and O–H groups in total. The number of carbonyl (C=O) groups is 2. The summed E-state index contributed by atoms with van der Waals surface area (Å²) in [4.78, 5) is 35.5. The quantitative estimate of drug-likeness (QED) is 0.206. The Labute approximate surface area is 266 Å². The summed E-state index contributed by atoms with van der Waals surface area (Å²) in [6, 6.07) is 23.6. The Balaban J connectivity index is 1.21. The van der Waals surface area contributed by atoms with Gasteiger partial charge in [0, 0.05) is 33.6 Å². The van der Waals surface area contributed by atoms with Gasteiger partial charge in [0.05, 0.1) is 36.3 Å². The van der Waals surface area contributed by atoms with E-state index in [1.54, 1.807) is 6.20 Å². The number of amides is 2. The van der Waals surface area contributed by atoms with Gasteiger partial charge in [0.1, 0.15) is 17.6 Å². The summed E-state index contributed by atoms with van der Waals surface area (Å²) in [7, 11) is 1.30. The predicted molar refractivity (Wildman–Crippen MR) is 173 cm³/mol. The molecule has 10 heteroatoms. The minimum Gasteiger partial charge on any atom is -0.465 e. The molecule has 3 atom stereocenters. The van der Waals surface area contributed by atoms with Crippen molar-refractivity contribution in [3.63, 3.8) is 0 Å². The van der Waals surface area contributed by atoms with Gasteiger partial charge in [-0.05, 0) is 55.2 Å². The van der Waals surface area contributed by atoms with Crippen LogP contribution in [0.25, 0.3) is 33.4 Å². The summed E-state index contributed by atoms with van der Waals surface area (Å²) in [5, 5.41) is 4.44. The third-order valence-electron chi connectivity index (χ3n) is 8.77. The fraction of sp³-hybridized carbons (Fsp3) is 0.286. The predicted octanol–water partition coefficient (Wildman–Crippen LogP) is 7.34. The molecule has 45 heavy (non-hydrogen) atoms. The number of carbonyl (C=O) groups excluding carboxylic acids is 2. The first-order valence-electron chi connectivity index (χ1n) is 15.2. The summed E-state index contributed by atoms with van der Waals surface area (Å²) >= 11 is 6.36. The van der Waals surface area contributed by atoms with E-state index in [0.717, 1.165) is 57.6 Å². The van der Waals surface area contributed by atoms with Crippen molar-refractivity contribution in [1.82, 2.24) is 24.8 Å². The molecule has 7 rings (SSSR count). The van der Waals surface area contributed by atoms with Crippen molar-refractivity contribution in [2.45, 2.75) is 45.0 Å². The van der Waals surface area contributed by atoms with Crippen LogP contribution in [0.1, 0.15) is 50.3 Å². The van der Waals surface area contributed by atoms with Crippen molar-refractivity contribution in [1.29, 1.82) is 0 Å². The van der Waals surface area contributed by atoms with Gasteiger partial charge >= 0.3 is 6.09 Å². The van der Waals surface area contributed by atoms with Gasteiger partial charge in [-0.3, -0.25) is 4.79 Å². The fourth-order valence-electron chi connectivity index (χ4n) is 6.52. The highest BCUT2D eigenvalue weighted by Gasteiger charge is 2.37. The zero-order chi connectivity index (χ0) is 31.2.